The highest BCUT2D eigenvalue weighted by Gasteiger charge is 2.51. The number of likely N-dealkylation sites (tertiary alicyclic amines) is 1. The average Bonchev–Trinajstić information content (AvgIpc) is 3.62. The van der Waals surface area contributed by atoms with Crippen molar-refractivity contribution in [2.45, 2.75) is 55.4 Å². The number of urea groups is 1. The Hall–Kier alpha value is -2.65. The Kier molecular flexibility index (Phi) is 6.25. The minimum atomic E-state index is -4.10. The molecule has 188 valence electrons. The van der Waals surface area contributed by atoms with Crippen molar-refractivity contribution in [2.75, 3.05) is 19.6 Å². The summed E-state index contributed by atoms with van der Waals surface area (Å²) in [4.78, 5) is 14.9. The Morgan fingerprint density at radius 3 is 2.66 bits per heavy atom. The zero-order valence-electron chi connectivity index (χ0n) is 19.8. The number of phenols is 1. The third kappa shape index (κ3) is 4.76. The molecule has 0 unspecified atom stereocenters. The number of carbonyl (C=O) groups excluding carboxylic acids is 1. The average molecular weight is 502 g/mol. The van der Waals surface area contributed by atoms with E-state index in [0.29, 0.717) is 24.9 Å². The van der Waals surface area contributed by atoms with Crippen LogP contribution in [0, 0.1) is 17.7 Å². The zero-order chi connectivity index (χ0) is 24.8. The van der Waals surface area contributed by atoms with E-state index >= 15 is 0 Å². The van der Waals surface area contributed by atoms with Gasteiger partial charge in [-0.15, -0.1) is 0 Å². The SMILES string of the molecule is C[C@H]1[C@H]2Cc3ccc(O)cc3[C@]1(CCNC(=O)NS(=O)(=O)c1ccc(F)cc1)CCN2CC1CC1. The highest BCUT2D eigenvalue weighted by Crippen LogP contribution is 2.52. The number of halogens is 1. The van der Waals surface area contributed by atoms with E-state index in [0.717, 1.165) is 61.7 Å². The van der Waals surface area contributed by atoms with E-state index in [2.05, 4.69) is 17.1 Å². The second-order valence-electron chi connectivity index (χ2n) is 10.3. The van der Waals surface area contributed by atoms with E-state index in [1.807, 2.05) is 16.9 Å². The Morgan fingerprint density at radius 1 is 1.20 bits per heavy atom. The molecule has 3 N–H and O–H groups in total. The van der Waals surface area contributed by atoms with Gasteiger partial charge in [-0.3, -0.25) is 4.90 Å². The van der Waals surface area contributed by atoms with Gasteiger partial charge in [0.2, 0.25) is 0 Å². The lowest BCUT2D eigenvalue weighted by molar-refractivity contribution is 0.0162. The molecular formula is C26H32FN3O4S. The standard InChI is InChI=1S/C26H32FN3O4S/c1-17-24-14-19-4-7-21(31)15-23(19)26(17,11-13-30(24)16-18-2-3-18)10-12-28-25(32)29-35(33,34)22-8-5-20(27)6-9-22/h4-9,15,17-18,24,31H,2-3,10-14,16H2,1H3,(H2,28,29,32)/t17-,24+,26+/m0/s1. The van der Waals surface area contributed by atoms with Crippen LogP contribution in [0.4, 0.5) is 9.18 Å². The minimum absolute atomic E-state index is 0.177. The first kappa shape index (κ1) is 24.1. The monoisotopic (exact) mass is 501 g/mol. The van der Waals surface area contributed by atoms with Gasteiger partial charge in [0.15, 0.2) is 0 Å². The number of piperidine rings is 1. The molecular weight excluding hydrogens is 469 g/mol. The van der Waals surface area contributed by atoms with E-state index < -0.39 is 21.9 Å². The van der Waals surface area contributed by atoms with Gasteiger partial charge in [-0.1, -0.05) is 13.0 Å². The molecule has 0 aromatic heterocycles. The minimum Gasteiger partial charge on any atom is -0.508 e. The fraction of sp³-hybridized carbons (Fsp3) is 0.500. The molecule has 35 heavy (non-hydrogen) atoms. The molecule has 2 aliphatic carbocycles. The van der Waals surface area contributed by atoms with Crippen molar-refractivity contribution in [3.05, 3.63) is 59.4 Å². The number of nitrogens with one attached hydrogen (secondary N) is 2. The predicted octanol–water partition coefficient (Wildman–Crippen LogP) is 3.52. The summed E-state index contributed by atoms with van der Waals surface area (Å²) in [7, 11) is -4.10. The lowest BCUT2D eigenvalue weighted by atomic mass is 9.56. The van der Waals surface area contributed by atoms with Crippen LogP contribution in [-0.4, -0.2) is 50.1 Å². The summed E-state index contributed by atoms with van der Waals surface area (Å²) >= 11 is 0. The second kappa shape index (κ2) is 9.09. The highest BCUT2D eigenvalue weighted by atomic mass is 32.2. The van der Waals surface area contributed by atoms with Crippen LogP contribution in [0.1, 0.15) is 43.7 Å². The third-order valence-corrected chi connectivity index (χ3v) is 9.57. The third-order valence-electron chi connectivity index (χ3n) is 8.22. The first-order valence-electron chi connectivity index (χ1n) is 12.3. The largest absolute Gasteiger partial charge is 0.508 e. The maximum Gasteiger partial charge on any atom is 0.328 e. The zero-order valence-corrected chi connectivity index (χ0v) is 20.7. The molecule has 9 heteroatoms. The molecule has 0 spiro atoms. The van der Waals surface area contributed by atoms with Crippen LogP contribution in [0.3, 0.4) is 0 Å². The number of nitrogens with zero attached hydrogens (tertiary/aromatic N) is 1. The number of hydrogen-bond acceptors (Lipinski definition) is 5. The number of aromatic hydroxyl groups is 1. The number of phenolic OH excluding ortho intramolecular Hbond substituents is 1. The van der Waals surface area contributed by atoms with Crippen LogP contribution in [0.15, 0.2) is 47.4 Å². The number of carbonyl (C=O) groups is 1. The quantitative estimate of drug-likeness (QED) is 0.539. The number of fused-ring (bicyclic) bond motifs is 4. The summed E-state index contributed by atoms with van der Waals surface area (Å²) in [5, 5.41) is 13.0. The fourth-order valence-corrected chi connectivity index (χ4v) is 7.04. The lowest BCUT2D eigenvalue weighted by Crippen LogP contribution is -2.60. The Labute approximate surface area is 205 Å². The van der Waals surface area contributed by atoms with Crippen molar-refractivity contribution in [1.82, 2.24) is 14.9 Å². The summed E-state index contributed by atoms with van der Waals surface area (Å²) in [5.41, 5.74) is 2.18. The van der Waals surface area contributed by atoms with Gasteiger partial charge in [-0.2, -0.15) is 0 Å². The van der Waals surface area contributed by atoms with E-state index in [9.17, 15) is 22.7 Å². The molecule has 2 fully saturated rings. The molecule has 2 aromatic carbocycles. The normalized spacial score (nSPS) is 26.1. The van der Waals surface area contributed by atoms with Crippen LogP contribution >= 0.6 is 0 Å². The van der Waals surface area contributed by atoms with Crippen LogP contribution in [0.25, 0.3) is 0 Å². The predicted molar refractivity (Wildman–Crippen MR) is 130 cm³/mol. The Morgan fingerprint density at radius 2 is 1.94 bits per heavy atom. The van der Waals surface area contributed by atoms with Gasteiger partial charge in [0.05, 0.1) is 4.90 Å². The van der Waals surface area contributed by atoms with Gasteiger partial charge < -0.3 is 10.4 Å². The first-order chi connectivity index (χ1) is 16.7. The van der Waals surface area contributed by atoms with E-state index in [4.69, 9.17) is 0 Å². The summed E-state index contributed by atoms with van der Waals surface area (Å²) in [6.07, 6.45) is 5.14. The molecule has 3 atom stereocenters. The number of sulfonamides is 1. The molecule has 7 nitrogen and oxygen atoms in total. The van der Waals surface area contributed by atoms with Crippen LogP contribution in [-0.2, 0) is 21.9 Å². The summed E-state index contributed by atoms with van der Waals surface area (Å²) < 4.78 is 40.0. The Balaban J connectivity index is 1.30. The van der Waals surface area contributed by atoms with Crippen molar-refractivity contribution in [3.8, 4) is 5.75 Å². The van der Waals surface area contributed by atoms with Gasteiger partial charge in [0.1, 0.15) is 11.6 Å². The van der Waals surface area contributed by atoms with Gasteiger partial charge in [0.25, 0.3) is 10.0 Å². The first-order valence-corrected chi connectivity index (χ1v) is 13.8. The van der Waals surface area contributed by atoms with Gasteiger partial charge in [-0.05, 0) is 98.0 Å². The van der Waals surface area contributed by atoms with E-state index in [1.165, 1.54) is 18.4 Å². The summed E-state index contributed by atoms with van der Waals surface area (Å²) in [6.45, 7) is 4.68. The van der Waals surface area contributed by atoms with Crippen LogP contribution in [0.5, 0.6) is 5.75 Å². The van der Waals surface area contributed by atoms with Crippen molar-refractivity contribution < 1.29 is 22.7 Å². The van der Waals surface area contributed by atoms with Crippen molar-refractivity contribution in [2.24, 2.45) is 11.8 Å². The second-order valence-corrected chi connectivity index (χ2v) is 12.0. The molecule has 3 aliphatic rings. The van der Waals surface area contributed by atoms with Gasteiger partial charge in [-0.25, -0.2) is 22.3 Å². The molecule has 1 aliphatic heterocycles. The van der Waals surface area contributed by atoms with E-state index in [-0.39, 0.29) is 16.1 Å². The van der Waals surface area contributed by atoms with Crippen LogP contribution in [0.2, 0.25) is 0 Å². The molecule has 5 rings (SSSR count). The van der Waals surface area contributed by atoms with Crippen LogP contribution < -0.4 is 10.0 Å². The number of rotatable bonds is 7. The molecule has 1 saturated heterocycles. The number of hydrogen-bond donors (Lipinski definition) is 3. The summed E-state index contributed by atoms with van der Waals surface area (Å²) in [6, 6.07) is 9.55. The lowest BCUT2D eigenvalue weighted by Gasteiger charge is -2.56. The van der Waals surface area contributed by atoms with Gasteiger partial charge >= 0.3 is 6.03 Å². The number of amides is 2. The smallest absolute Gasteiger partial charge is 0.328 e. The topological polar surface area (TPSA) is 98.7 Å². The van der Waals surface area contributed by atoms with E-state index in [1.54, 1.807) is 6.07 Å². The summed E-state index contributed by atoms with van der Waals surface area (Å²) in [5.74, 6) is 0.828. The molecule has 0 radical (unpaired) electrons. The van der Waals surface area contributed by atoms with Crippen molar-refractivity contribution >= 4 is 16.1 Å². The number of benzene rings is 2. The fourth-order valence-electron chi connectivity index (χ4n) is 6.11. The highest BCUT2D eigenvalue weighted by molar-refractivity contribution is 7.90. The maximum absolute atomic E-state index is 13.1. The van der Waals surface area contributed by atoms with Crippen molar-refractivity contribution in [3.63, 3.8) is 0 Å². The molecule has 1 heterocycles. The Bertz CT molecular complexity index is 1220. The molecule has 2 bridgehead atoms. The maximum atomic E-state index is 13.1. The molecule has 2 aromatic rings. The van der Waals surface area contributed by atoms with Crippen molar-refractivity contribution in [1.29, 1.82) is 0 Å². The van der Waals surface area contributed by atoms with Gasteiger partial charge in [0, 0.05) is 24.5 Å². The molecule has 2 amide bonds. The molecule has 1 saturated carbocycles.